The number of aromatic nitrogens is 2. The summed E-state index contributed by atoms with van der Waals surface area (Å²) in [5, 5.41) is 7.48. The van der Waals surface area contributed by atoms with Gasteiger partial charge in [0.15, 0.2) is 0 Å². The van der Waals surface area contributed by atoms with Gasteiger partial charge < -0.3 is 10.2 Å². The third-order valence-electron chi connectivity index (χ3n) is 3.57. The van der Waals surface area contributed by atoms with E-state index in [2.05, 4.69) is 21.9 Å². The van der Waals surface area contributed by atoms with Crippen LogP contribution in [0, 0.1) is 0 Å². The quantitative estimate of drug-likeness (QED) is 0.798. The van der Waals surface area contributed by atoms with E-state index < -0.39 is 0 Å². The maximum absolute atomic E-state index is 12.1. The van der Waals surface area contributed by atoms with Crippen LogP contribution in [0.3, 0.4) is 0 Å². The zero-order valence-electron chi connectivity index (χ0n) is 12.3. The molecular formula is C15H24N4O. The Kier molecular flexibility index (Phi) is 5.35. The minimum Gasteiger partial charge on any atom is -0.370 e. The Morgan fingerprint density at radius 3 is 2.80 bits per heavy atom. The van der Waals surface area contributed by atoms with E-state index in [0.717, 1.165) is 37.4 Å². The lowest BCUT2D eigenvalue weighted by Crippen LogP contribution is -2.32. The maximum atomic E-state index is 12.1. The van der Waals surface area contributed by atoms with Gasteiger partial charge in [-0.1, -0.05) is 13.5 Å². The highest BCUT2D eigenvalue weighted by atomic mass is 16.1. The van der Waals surface area contributed by atoms with Crippen molar-refractivity contribution in [3.8, 4) is 0 Å². The summed E-state index contributed by atoms with van der Waals surface area (Å²) in [6, 6.07) is 1.69. The zero-order chi connectivity index (χ0) is 14.4. The number of hydrogen-bond donors (Lipinski definition) is 1. The maximum Gasteiger partial charge on any atom is 0.269 e. The summed E-state index contributed by atoms with van der Waals surface area (Å²) < 4.78 is 1.48. The van der Waals surface area contributed by atoms with Crippen molar-refractivity contribution in [1.82, 2.24) is 15.1 Å². The lowest BCUT2D eigenvalue weighted by Gasteiger charge is -2.28. The van der Waals surface area contributed by atoms with Crippen LogP contribution >= 0.6 is 0 Å². The number of nitrogens with zero attached hydrogens (tertiary/aromatic N) is 3. The first kappa shape index (κ1) is 14.8. The monoisotopic (exact) mass is 276 g/mol. The van der Waals surface area contributed by atoms with Gasteiger partial charge >= 0.3 is 0 Å². The number of nitrogens with one attached hydrogen (secondary N) is 1. The molecule has 5 heteroatoms. The third kappa shape index (κ3) is 3.93. The Hall–Kier alpha value is -1.62. The third-order valence-corrected chi connectivity index (χ3v) is 3.57. The second-order valence-electron chi connectivity index (χ2n) is 5.29. The van der Waals surface area contributed by atoms with Crippen LogP contribution < -0.4 is 15.8 Å². The fourth-order valence-corrected chi connectivity index (χ4v) is 2.44. The predicted molar refractivity (Wildman–Crippen MR) is 82.2 cm³/mol. The van der Waals surface area contributed by atoms with E-state index >= 15 is 0 Å². The molecule has 1 aromatic heterocycles. The first-order valence-electron chi connectivity index (χ1n) is 7.40. The molecule has 5 nitrogen and oxygen atoms in total. The molecule has 0 aromatic carbocycles. The van der Waals surface area contributed by atoms with E-state index in [4.69, 9.17) is 0 Å². The molecule has 0 bridgehead atoms. The number of hydrogen-bond acceptors (Lipinski definition) is 4. The predicted octanol–water partition coefficient (Wildman–Crippen LogP) is 1.40. The van der Waals surface area contributed by atoms with Gasteiger partial charge in [-0.05, 0) is 31.4 Å². The zero-order valence-corrected chi connectivity index (χ0v) is 12.3. The summed E-state index contributed by atoms with van der Waals surface area (Å²) in [6.45, 7) is 10.2. The molecule has 0 aliphatic carbocycles. The van der Waals surface area contributed by atoms with Crippen molar-refractivity contribution >= 4 is 5.69 Å². The standard InChI is InChI=1S/C15H24N4O/c1-3-16-10-13(2)12-19-15(20)9-14(11-17-19)18-7-5-4-6-8-18/h9,11,16H,2-8,10,12H2,1H3. The molecule has 2 rings (SSSR count). The van der Waals surface area contributed by atoms with Crippen molar-refractivity contribution in [3.05, 3.63) is 34.8 Å². The summed E-state index contributed by atoms with van der Waals surface area (Å²) in [4.78, 5) is 14.3. The fraction of sp³-hybridized carbons (Fsp3) is 0.600. The molecule has 1 aromatic rings. The first-order valence-corrected chi connectivity index (χ1v) is 7.40. The average Bonchev–Trinajstić information content (AvgIpc) is 2.48. The van der Waals surface area contributed by atoms with Gasteiger partial charge in [0.05, 0.1) is 18.4 Å². The molecule has 0 radical (unpaired) electrons. The molecule has 0 amide bonds. The van der Waals surface area contributed by atoms with Crippen LogP contribution in [0.4, 0.5) is 5.69 Å². The van der Waals surface area contributed by atoms with Gasteiger partial charge in [0.2, 0.25) is 0 Å². The highest BCUT2D eigenvalue weighted by Gasteiger charge is 2.12. The molecule has 0 saturated carbocycles. The van der Waals surface area contributed by atoms with Gasteiger partial charge in [0.1, 0.15) is 0 Å². The fourth-order valence-electron chi connectivity index (χ4n) is 2.44. The van der Waals surface area contributed by atoms with Gasteiger partial charge in [0, 0.05) is 25.7 Å². The second kappa shape index (κ2) is 7.24. The van der Waals surface area contributed by atoms with Crippen molar-refractivity contribution in [2.45, 2.75) is 32.7 Å². The molecule has 0 atom stereocenters. The molecule has 1 aliphatic rings. The van der Waals surface area contributed by atoms with Crippen LogP contribution in [0.15, 0.2) is 29.2 Å². The lowest BCUT2D eigenvalue weighted by atomic mass is 10.1. The Morgan fingerprint density at radius 1 is 1.40 bits per heavy atom. The summed E-state index contributed by atoms with van der Waals surface area (Å²) in [7, 11) is 0. The molecular weight excluding hydrogens is 252 g/mol. The number of anilines is 1. The van der Waals surface area contributed by atoms with E-state index in [-0.39, 0.29) is 5.56 Å². The van der Waals surface area contributed by atoms with Gasteiger partial charge in [-0.15, -0.1) is 0 Å². The first-order chi connectivity index (χ1) is 9.70. The average molecular weight is 276 g/mol. The molecule has 1 fully saturated rings. The van der Waals surface area contributed by atoms with Crippen LogP contribution in [-0.2, 0) is 6.54 Å². The van der Waals surface area contributed by atoms with Crippen LogP contribution in [0.2, 0.25) is 0 Å². The lowest BCUT2D eigenvalue weighted by molar-refractivity contribution is 0.569. The summed E-state index contributed by atoms with van der Waals surface area (Å²) in [5.74, 6) is 0. The topological polar surface area (TPSA) is 50.2 Å². The molecule has 20 heavy (non-hydrogen) atoms. The summed E-state index contributed by atoms with van der Waals surface area (Å²) in [6.07, 6.45) is 5.48. The van der Waals surface area contributed by atoms with E-state index in [1.165, 1.54) is 23.9 Å². The Balaban J connectivity index is 2.02. The molecule has 0 spiro atoms. The Morgan fingerprint density at radius 2 is 2.15 bits per heavy atom. The highest BCUT2D eigenvalue weighted by Crippen LogP contribution is 2.16. The normalized spacial score (nSPS) is 15.3. The minimum absolute atomic E-state index is 0.0503. The molecule has 2 heterocycles. The second-order valence-corrected chi connectivity index (χ2v) is 5.29. The Labute approximate surface area is 120 Å². The molecule has 1 N–H and O–H groups in total. The van der Waals surface area contributed by atoms with Crippen molar-refractivity contribution in [3.63, 3.8) is 0 Å². The molecule has 1 saturated heterocycles. The van der Waals surface area contributed by atoms with Gasteiger partial charge in [-0.25, -0.2) is 4.68 Å². The minimum atomic E-state index is -0.0503. The number of rotatable bonds is 6. The summed E-state index contributed by atoms with van der Waals surface area (Å²) in [5.41, 5.74) is 1.86. The molecule has 110 valence electrons. The van der Waals surface area contributed by atoms with E-state index in [0.29, 0.717) is 6.54 Å². The van der Waals surface area contributed by atoms with E-state index in [1.54, 1.807) is 12.3 Å². The molecule has 1 aliphatic heterocycles. The Bertz CT molecular complexity index is 503. The summed E-state index contributed by atoms with van der Waals surface area (Å²) >= 11 is 0. The van der Waals surface area contributed by atoms with Crippen LogP contribution in [0.1, 0.15) is 26.2 Å². The van der Waals surface area contributed by atoms with Gasteiger partial charge in [-0.2, -0.15) is 5.10 Å². The molecule has 0 unspecified atom stereocenters. The van der Waals surface area contributed by atoms with Crippen LogP contribution in [0.25, 0.3) is 0 Å². The van der Waals surface area contributed by atoms with E-state index in [9.17, 15) is 4.79 Å². The van der Waals surface area contributed by atoms with Gasteiger partial charge in [-0.3, -0.25) is 4.79 Å². The number of piperidine rings is 1. The van der Waals surface area contributed by atoms with E-state index in [1.807, 2.05) is 6.92 Å². The van der Waals surface area contributed by atoms with Crippen molar-refractivity contribution < 1.29 is 0 Å². The van der Waals surface area contributed by atoms with Crippen LogP contribution in [-0.4, -0.2) is 36.0 Å². The van der Waals surface area contributed by atoms with Crippen LogP contribution in [0.5, 0.6) is 0 Å². The van der Waals surface area contributed by atoms with Crippen molar-refractivity contribution in [1.29, 1.82) is 0 Å². The highest BCUT2D eigenvalue weighted by molar-refractivity contribution is 5.43. The largest absolute Gasteiger partial charge is 0.370 e. The van der Waals surface area contributed by atoms with Crippen molar-refractivity contribution in [2.75, 3.05) is 31.1 Å². The SMILES string of the molecule is C=C(CNCC)Cn1ncc(N2CCCCC2)cc1=O. The number of likely N-dealkylation sites (N-methyl/N-ethyl adjacent to an activating group) is 1. The van der Waals surface area contributed by atoms with Crippen molar-refractivity contribution in [2.24, 2.45) is 0 Å². The van der Waals surface area contributed by atoms with Gasteiger partial charge in [0.25, 0.3) is 5.56 Å². The smallest absolute Gasteiger partial charge is 0.269 e.